The molecule has 4 rings (SSSR count). The second kappa shape index (κ2) is 7.06. The maximum atomic E-state index is 13.3. The minimum absolute atomic E-state index is 0.107. The average Bonchev–Trinajstić information content (AvgIpc) is 3.24. The highest BCUT2D eigenvalue weighted by molar-refractivity contribution is 5.90. The maximum absolute atomic E-state index is 13.3. The van der Waals surface area contributed by atoms with Crippen LogP contribution in [0.4, 0.5) is 23.7 Å². The molecular weight excluding hydrogens is 395 g/mol. The number of carbonyl (C=O) groups is 1. The van der Waals surface area contributed by atoms with E-state index in [2.05, 4.69) is 34.7 Å². The van der Waals surface area contributed by atoms with Crippen molar-refractivity contribution in [2.45, 2.75) is 25.1 Å². The standard InChI is InChI=1S/C21H18F3N5O/c1-20-7-3-2-4-14(20)17-10-26-12-29(17)18(20)11-27-19(30)28-16-6-5-13(9-25)8-15(16)21(22,23)24/h2-8,10,12,14,18H,11H2,1H3,(H2,27,28,30). The van der Waals surface area contributed by atoms with E-state index in [1.807, 2.05) is 16.7 Å². The van der Waals surface area contributed by atoms with Crippen LogP contribution in [-0.4, -0.2) is 22.1 Å². The zero-order valence-electron chi connectivity index (χ0n) is 15.9. The molecular formula is C21H18F3N5O. The molecule has 1 aromatic heterocycles. The molecule has 9 heteroatoms. The molecule has 3 unspecified atom stereocenters. The van der Waals surface area contributed by atoms with Crippen LogP contribution in [0.1, 0.15) is 35.7 Å². The molecule has 0 spiro atoms. The van der Waals surface area contributed by atoms with Gasteiger partial charge in [-0.25, -0.2) is 9.78 Å². The molecule has 2 amide bonds. The zero-order chi connectivity index (χ0) is 21.5. The first-order valence-corrected chi connectivity index (χ1v) is 9.28. The molecule has 2 N–H and O–H groups in total. The van der Waals surface area contributed by atoms with Gasteiger partial charge in [0.15, 0.2) is 0 Å². The van der Waals surface area contributed by atoms with E-state index in [1.54, 1.807) is 18.6 Å². The predicted octanol–water partition coefficient (Wildman–Crippen LogP) is 4.37. The fourth-order valence-corrected chi connectivity index (χ4v) is 4.23. The van der Waals surface area contributed by atoms with E-state index in [0.717, 1.165) is 17.8 Å². The van der Waals surface area contributed by atoms with Crippen molar-refractivity contribution in [3.63, 3.8) is 0 Å². The summed E-state index contributed by atoms with van der Waals surface area (Å²) in [6.07, 6.45) is 6.88. The van der Waals surface area contributed by atoms with Crippen LogP contribution in [0.2, 0.25) is 0 Å². The first kappa shape index (κ1) is 19.8. The molecule has 154 valence electrons. The Hall–Kier alpha value is -3.54. The van der Waals surface area contributed by atoms with E-state index >= 15 is 0 Å². The summed E-state index contributed by atoms with van der Waals surface area (Å²) in [7, 11) is 0. The summed E-state index contributed by atoms with van der Waals surface area (Å²) >= 11 is 0. The Balaban J connectivity index is 1.51. The fraction of sp³-hybridized carbons (Fsp3) is 0.286. The minimum Gasteiger partial charge on any atom is -0.336 e. The number of nitriles is 1. The summed E-state index contributed by atoms with van der Waals surface area (Å²) in [5.41, 5.74) is -0.869. The van der Waals surface area contributed by atoms with Gasteiger partial charge in [-0.2, -0.15) is 18.4 Å². The van der Waals surface area contributed by atoms with Gasteiger partial charge in [0.2, 0.25) is 0 Å². The van der Waals surface area contributed by atoms with Crippen LogP contribution in [0.25, 0.3) is 0 Å². The fourth-order valence-electron chi connectivity index (χ4n) is 4.23. The van der Waals surface area contributed by atoms with Gasteiger partial charge in [-0.1, -0.05) is 31.2 Å². The lowest BCUT2D eigenvalue weighted by Gasteiger charge is -2.34. The monoisotopic (exact) mass is 413 g/mol. The molecule has 0 radical (unpaired) electrons. The van der Waals surface area contributed by atoms with Gasteiger partial charge in [0, 0.05) is 29.8 Å². The summed E-state index contributed by atoms with van der Waals surface area (Å²) in [6.45, 7) is 2.29. The number of nitrogens with one attached hydrogen (secondary N) is 2. The van der Waals surface area contributed by atoms with E-state index in [-0.39, 0.29) is 29.5 Å². The number of alkyl halides is 3. The van der Waals surface area contributed by atoms with Crippen molar-refractivity contribution in [3.05, 3.63) is 71.8 Å². The van der Waals surface area contributed by atoms with Crippen LogP contribution >= 0.6 is 0 Å². The molecule has 0 fully saturated rings. The van der Waals surface area contributed by atoms with E-state index < -0.39 is 23.5 Å². The lowest BCUT2D eigenvalue weighted by Crippen LogP contribution is -2.39. The Morgan fingerprint density at radius 3 is 2.90 bits per heavy atom. The van der Waals surface area contributed by atoms with Crippen molar-refractivity contribution in [1.29, 1.82) is 5.26 Å². The van der Waals surface area contributed by atoms with Gasteiger partial charge in [-0.15, -0.1) is 0 Å². The van der Waals surface area contributed by atoms with Gasteiger partial charge in [-0.05, 0) is 18.2 Å². The van der Waals surface area contributed by atoms with Crippen molar-refractivity contribution >= 4 is 11.7 Å². The Kier molecular flexibility index (Phi) is 4.65. The topological polar surface area (TPSA) is 82.7 Å². The molecule has 3 atom stereocenters. The van der Waals surface area contributed by atoms with Gasteiger partial charge >= 0.3 is 12.2 Å². The molecule has 1 aliphatic carbocycles. The number of amides is 2. The third-order valence-corrected chi connectivity index (χ3v) is 5.77. The number of aromatic nitrogens is 2. The molecule has 2 aromatic rings. The smallest absolute Gasteiger partial charge is 0.336 e. The number of benzene rings is 1. The number of fused-ring (bicyclic) bond motifs is 3. The number of urea groups is 1. The molecule has 1 aliphatic heterocycles. The summed E-state index contributed by atoms with van der Waals surface area (Å²) in [6, 6.07) is 3.80. The summed E-state index contributed by atoms with van der Waals surface area (Å²) < 4.78 is 41.9. The zero-order valence-corrected chi connectivity index (χ0v) is 15.9. The van der Waals surface area contributed by atoms with E-state index in [1.165, 1.54) is 6.07 Å². The number of nitrogens with zero attached hydrogens (tertiary/aromatic N) is 3. The predicted molar refractivity (Wildman–Crippen MR) is 104 cm³/mol. The highest BCUT2D eigenvalue weighted by Gasteiger charge is 2.48. The molecule has 1 aromatic carbocycles. The lowest BCUT2D eigenvalue weighted by molar-refractivity contribution is -0.136. The first-order valence-electron chi connectivity index (χ1n) is 9.28. The third-order valence-electron chi connectivity index (χ3n) is 5.77. The summed E-state index contributed by atoms with van der Waals surface area (Å²) in [4.78, 5) is 16.6. The Labute approximate surface area is 170 Å². The van der Waals surface area contributed by atoms with E-state index in [9.17, 15) is 18.0 Å². The highest BCUT2D eigenvalue weighted by atomic mass is 19.4. The Bertz CT molecular complexity index is 1090. The number of halogens is 3. The Morgan fingerprint density at radius 2 is 2.17 bits per heavy atom. The van der Waals surface area contributed by atoms with E-state index in [0.29, 0.717) is 0 Å². The van der Waals surface area contributed by atoms with Crippen molar-refractivity contribution in [2.75, 3.05) is 11.9 Å². The quantitative estimate of drug-likeness (QED) is 0.784. The number of allylic oxidation sites excluding steroid dienone is 4. The molecule has 2 aliphatic rings. The van der Waals surface area contributed by atoms with Crippen LogP contribution in [0.5, 0.6) is 0 Å². The molecule has 0 saturated carbocycles. The second-order valence-electron chi connectivity index (χ2n) is 7.53. The maximum Gasteiger partial charge on any atom is 0.418 e. The minimum atomic E-state index is -4.70. The number of anilines is 1. The normalized spacial score (nSPS) is 24.1. The van der Waals surface area contributed by atoms with Crippen molar-refractivity contribution in [1.82, 2.24) is 14.9 Å². The van der Waals surface area contributed by atoms with Gasteiger partial charge in [0.25, 0.3) is 0 Å². The van der Waals surface area contributed by atoms with Crippen LogP contribution in [-0.2, 0) is 6.18 Å². The highest BCUT2D eigenvalue weighted by Crippen LogP contribution is 2.53. The van der Waals surface area contributed by atoms with Crippen LogP contribution in [0.15, 0.2) is 55.0 Å². The van der Waals surface area contributed by atoms with Crippen molar-refractivity contribution in [3.8, 4) is 6.07 Å². The lowest BCUT2D eigenvalue weighted by atomic mass is 9.71. The first-order chi connectivity index (χ1) is 14.2. The summed E-state index contributed by atoms with van der Waals surface area (Å²) in [5.74, 6) is 0.107. The van der Waals surface area contributed by atoms with Gasteiger partial charge in [-0.3, -0.25) is 0 Å². The number of hydrogen-bond acceptors (Lipinski definition) is 3. The third kappa shape index (κ3) is 3.24. The number of rotatable bonds is 3. The van der Waals surface area contributed by atoms with Gasteiger partial charge in [0.1, 0.15) is 0 Å². The van der Waals surface area contributed by atoms with Gasteiger partial charge in [0.05, 0.1) is 35.3 Å². The van der Waals surface area contributed by atoms with Crippen molar-refractivity contribution < 1.29 is 18.0 Å². The van der Waals surface area contributed by atoms with Crippen molar-refractivity contribution in [2.24, 2.45) is 5.41 Å². The number of imidazole rings is 1. The second-order valence-corrected chi connectivity index (χ2v) is 7.53. The number of carbonyl (C=O) groups excluding carboxylic acids is 1. The average molecular weight is 413 g/mol. The largest absolute Gasteiger partial charge is 0.418 e. The summed E-state index contributed by atoms with van der Waals surface area (Å²) in [5, 5.41) is 13.8. The number of hydrogen-bond donors (Lipinski definition) is 2. The SMILES string of the molecule is CC12C=CC=CC1c1cncn1C2CNC(=O)Nc1ccc(C#N)cc1C(F)(F)F. The van der Waals surface area contributed by atoms with E-state index in [4.69, 9.17) is 5.26 Å². The van der Waals surface area contributed by atoms with Gasteiger partial charge < -0.3 is 15.2 Å². The molecule has 0 bridgehead atoms. The molecule has 30 heavy (non-hydrogen) atoms. The molecule has 6 nitrogen and oxygen atoms in total. The molecule has 0 saturated heterocycles. The van der Waals surface area contributed by atoms with Crippen LogP contribution < -0.4 is 10.6 Å². The van der Waals surface area contributed by atoms with Crippen LogP contribution in [0, 0.1) is 16.7 Å². The molecule has 2 heterocycles. The van der Waals surface area contributed by atoms with Crippen LogP contribution in [0.3, 0.4) is 0 Å². The Morgan fingerprint density at radius 1 is 1.37 bits per heavy atom.